The van der Waals surface area contributed by atoms with E-state index >= 15 is 0 Å². The van der Waals surface area contributed by atoms with Gasteiger partial charge in [-0.3, -0.25) is 9.59 Å². The largest absolute Gasteiger partial charge is 0.462 e. The minimum atomic E-state index is -0.450. The molecule has 0 aliphatic carbocycles. The van der Waals surface area contributed by atoms with Gasteiger partial charge in [0.25, 0.3) is 5.56 Å². The number of aromatic amines is 1. The van der Waals surface area contributed by atoms with E-state index in [9.17, 15) is 9.59 Å². The van der Waals surface area contributed by atoms with Crippen molar-refractivity contribution < 1.29 is 9.53 Å². The SMILES string of the molecule is CC[C@H](C)OC(=O)[C@@H](C)Sc1nc2sc(C)c(-c3ccccc3)c2c(=O)[nH]1. The average molecular weight is 403 g/mol. The lowest BCUT2D eigenvalue weighted by Gasteiger charge is -2.14. The minimum Gasteiger partial charge on any atom is -0.462 e. The highest BCUT2D eigenvalue weighted by Crippen LogP contribution is 2.36. The summed E-state index contributed by atoms with van der Waals surface area (Å²) >= 11 is 2.70. The molecular formula is C20H22N2O3S2. The van der Waals surface area contributed by atoms with Crippen LogP contribution in [0.4, 0.5) is 0 Å². The first-order chi connectivity index (χ1) is 12.9. The summed E-state index contributed by atoms with van der Waals surface area (Å²) in [4.78, 5) is 34.0. The number of aromatic nitrogens is 2. The average Bonchev–Trinajstić information content (AvgIpc) is 2.98. The number of carbonyl (C=O) groups is 1. The van der Waals surface area contributed by atoms with Crippen molar-refractivity contribution in [1.29, 1.82) is 0 Å². The van der Waals surface area contributed by atoms with E-state index in [1.165, 1.54) is 23.1 Å². The van der Waals surface area contributed by atoms with Crippen LogP contribution in [0.25, 0.3) is 21.3 Å². The van der Waals surface area contributed by atoms with Gasteiger partial charge in [0.15, 0.2) is 5.16 Å². The summed E-state index contributed by atoms with van der Waals surface area (Å²) in [7, 11) is 0. The van der Waals surface area contributed by atoms with Crippen molar-refractivity contribution in [2.45, 2.75) is 50.6 Å². The van der Waals surface area contributed by atoms with E-state index in [-0.39, 0.29) is 17.6 Å². The number of esters is 1. The number of thioether (sulfide) groups is 1. The summed E-state index contributed by atoms with van der Waals surface area (Å²) < 4.78 is 5.36. The molecule has 142 valence electrons. The van der Waals surface area contributed by atoms with Crippen LogP contribution in [0.3, 0.4) is 0 Å². The Bertz CT molecular complexity index is 1010. The summed E-state index contributed by atoms with van der Waals surface area (Å²) in [6, 6.07) is 9.83. The van der Waals surface area contributed by atoms with E-state index in [0.29, 0.717) is 15.4 Å². The fourth-order valence-electron chi connectivity index (χ4n) is 2.70. The number of H-pyrrole nitrogens is 1. The second-order valence-electron chi connectivity index (χ2n) is 6.37. The van der Waals surface area contributed by atoms with Crippen molar-refractivity contribution in [3.8, 4) is 11.1 Å². The molecule has 0 saturated heterocycles. The van der Waals surface area contributed by atoms with E-state index in [1.54, 1.807) is 6.92 Å². The number of rotatable bonds is 6. The molecule has 3 aromatic rings. The van der Waals surface area contributed by atoms with Crippen LogP contribution in [-0.4, -0.2) is 27.3 Å². The number of aryl methyl sites for hydroxylation is 1. The number of carbonyl (C=O) groups excluding carboxylic acids is 1. The standard InChI is InChI=1S/C20H22N2O3S2/c1-5-11(2)25-19(24)13(4)27-20-21-17(23)16-15(12(3)26-18(16)22-20)14-9-7-6-8-10-14/h6-11,13H,5H2,1-4H3,(H,21,22,23)/t11-,13+/m0/s1. The van der Waals surface area contributed by atoms with Crippen LogP contribution in [0.1, 0.15) is 32.1 Å². The Hall–Kier alpha value is -2.12. The monoisotopic (exact) mass is 402 g/mol. The molecule has 2 atom stereocenters. The summed E-state index contributed by atoms with van der Waals surface area (Å²) in [5.41, 5.74) is 1.73. The lowest BCUT2D eigenvalue weighted by molar-refractivity contribution is -0.147. The molecule has 0 aliphatic rings. The van der Waals surface area contributed by atoms with E-state index in [4.69, 9.17) is 4.74 Å². The van der Waals surface area contributed by atoms with Gasteiger partial charge in [-0.15, -0.1) is 11.3 Å². The minimum absolute atomic E-state index is 0.122. The molecule has 2 aromatic heterocycles. The van der Waals surface area contributed by atoms with Crippen LogP contribution in [-0.2, 0) is 9.53 Å². The first kappa shape index (κ1) is 19.6. The van der Waals surface area contributed by atoms with Crippen molar-refractivity contribution >= 4 is 39.3 Å². The van der Waals surface area contributed by atoms with E-state index in [0.717, 1.165) is 22.4 Å². The van der Waals surface area contributed by atoms with Gasteiger partial charge in [0, 0.05) is 10.4 Å². The Balaban J connectivity index is 1.92. The van der Waals surface area contributed by atoms with Gasteiger partial charge < -0.3 is 9.72 Å². The third-order valence-electron chi connectivity index (χ3n) is 4.29. The molecule has 0 bridgehead atoms. The fourth-order valence-corrected chi connectivity index (χ4v) is 4.59. The van der Waals surface area contributed by atoms with Gasteiger partial charge in [-0.25, -0.2) is 4.98 Å². The number of benzene rings is 1. The lowest BCUT2D eigenvalue weighted by atomic mass is 10.0. The fraction of sp³-hybridized carbons (Fsp3) is 0.350. The number of hydrogen-bond donors (Lipinski definition) is 1. The van der Waals surface area contributed by atoms with E-state index in [2.05, 4.69) is 9.97 Å². The van der Waals surface area contributed by atoms with Gasteiger partial charge in [0.2, 0.25) is 0 Å². The smallest absolute Gasteiger partial charge is 0.319 e. The number of fused-ring (bicyclic) bond motifs is 1. The third-order valence-corrected chi connectivity index (χ3v) is 6.25. The first-order valence-corrected chi connectivity index (χ1v) is 10.6. The zero-order valence-corrected chi connectivity index (χ0v) is 17.4. The number of thiophene rings is 1. The van der Waals surface area contributed by atoms with Gasteiger partial charge in [-0.05, 0) is 32.8 Å². The second kappa shape index (κ2) is 8.27. The van der Waals surface area contributed by atoms with Gasteiger partial charge in [0.05, 0.1) is 11.5 Å². The van der Waals surface area contributed by atoms with Crippen LogP contribution in [0, 0.1) is 6.92 Å². The van der Waals surface area contributed by atoms with Crippen LogP contribution in [0.15, 0.2) is 40.3 Å². The van der Waals surface area contributed by atoms with Gasteiger partial charge in [0.1, 0.15) is 10.1 Å². The normalized spacial score (nSPS) is 13.5. The summed E-state index contributed by atoms with van der Waals surface area (Å²) in [5.74, 6) is -0.301. The number of hydrogen-bond acceptors (Lipinski definition) is 6. The van der Waals surface area contributed by atoms with Crippen molar-refractivity contribution in [3.63, 3.8) is 0 Å². The quantitative estimate of drug-likeness (QED) is 0.365. The molecule has 2 heterocycles. The highest BCUT2D eigenvalue weighted by atomic mass is 32.2. The van der Waals surface area contributed by atoms with Gasteiger partial charge >= 0.3 is 5.97 Å². The molecule has 0 saturated carbocycles. The topological polar surface area (TPSA) is 72.0 Å². The maximum Gasteiger partial charge on any atom is 0.319 e. The first-order valence-electron chi connectivity index (χ1n) is 8.86. The second-order valence-corrected chi connectivity index (χ2v) is 8.90. The third kappa shape index (κ3) is 4.25. The predicted molar refractivity (Wildman–Crippen MR) is 112 cm³/mol. The van der Waals surface area contributed by atoms with Crippen LogP contribution in [0.2, 0.25) is 0 Å². The Morgan fingerprint density at radius 2 is 2.00 bits per heavy atom. The number of nitrogens with one attached hydrogen (secondary N) is 1. The number of ether oxygens (including phenoxy) is 1. The summed E-state index contributed by atoms with van der Waals surface area (Å²) in [6.45, 7) is 7.58. The van der Waals surface area contributed by atoms with E-state index < -0.39 is 5.25 Å². The molecule has 3 rings (SSSR count). The molecule has 0 aliphatic heterocycles. The Morgan fingerprint density at radius 3 is 2.67 bits per heavy atom. The lowest BCUT2D eigenvalue weighted by Crippen LogP contribution is -2.22. The van der Waals surface area contributed by atoms with Crippen LogP contribution < -0.4 is 5.56 Å². The molecule has 7 heteroatoms. The molecule has 5 nitrogen and oxygen atoms in total. The Labute approximate surface area is 166 Å². The van der Waals surface area contributed by atoms with Crippen LogP contribution >= 0.6 is 23.1 Å². The van der Waals surface area contributed by atoms with Crippen LogP contribution in [0.5, 0.6) is 0 Å². The molecule has 0 unspecified atom stereocenters. The highest BCUT2D eigenvalue weighted by molar-refractivity contribution is 8.00. The molecule has 27 heavy (non-hydrogen) atoms. The molecule has 0 spiro atoms. The van der Waals surface area contributed by atoms with Crippen molar-refractivity contribution in [2.75, 3.05) is 0 Å². The zero-order chi connectivity index (χ0) is 19.6. The maximum absolute atomic E-state index is 12.8. The zero-order valence-electron chi connectivity index (χ0n) is 15.7. The number of nitrogens with zero attached hydrogens (tertiary/aromatic N) is 1. The Kier molecular flexibility index (Phi) is 6.01. The summed E-state index contributed by atoms with van der Waals surface area (Å²) in [5, 5.41) is 0.583. The van der Waals surface area contributed by atoms with Crippen molar-refractivity contribution in [1.82, 2.24) is 9.97 Å². The highest BCUT2D eigenvalue weighted by Gasteiger charge is 2.21. The van der Waals surface area contributed by atoms with E-state index in [1.807, 2.05) is 51.1 Å². The maximum atomic E-state index is 12.8. The molecular weight excluding hydrogens is 380 g/mol. The van der Waals surface area contributed by atoms with Gasteiger partial charge in [-0.1, -0.05) is 49.0 Å². The predicted octanol–water partition coefficient (Wildman–Crippen LogP) is 4.78. The Morgan fingerprint density at radius 1 is 1.30 bits per heavy atom. The van der Waals surface area contributed by atoms with Crippen molar-refractivity contribution in [3.05, 3.63) is 45.6 Å². The molecule has 0 fully saturated rings. The molecule has 1 aromatic carbocycles. The molecule has 0 amide bonds. The molecule has 0 radical (unpaired) electrons. The molecule has 1 N–H and O–H groups in total. The summed E-state index contributed by atoms with van der Waals surface area (Å²) in [6.07, 6.45) is 0.643. The van der Waals surface area contributed by atoms with Gasteiger partial charge in [-0.2, -0.15) is 0 Å². The van der Waals surface area contributed by atoms with Crippen molar-refractivity contribution in [2.24, 2.45) is 0 Å².